The molecule has 17 heavy (non-hydrogen) atoms. The van der Waals surface area contributed by atoms with Crippen LogP contribution < -0.4 is 4.74 Å². The summed E-state index contributed by atoms with van der Waals surface area (Å²) in [5, 5.41) is 4.09. The van der Waals surface area contributed by atoms with Crippen molar-refractivity contribution in [1.29, 1.82) is 0 Å². The van der Waals surface area contributed by atoms with Gasteiger partial charge in [-0.1, -0.05) is 12.1 Å². The number of ketones is 1. The first-order chi connectivity index (χ1) is 8.09. The van der Waals surface area contributed by atoms with Gasteiger partial charge in [0.15, 0.2) is 11.5 Å². The Morgan fingerprint density at radius 2 is 2.00 bits per heavy atom. The standard InChI is InChI=1S/C13H14N2O2/c1-9-13(8-14-15(9)3)17-12-7-5-4-6-11(12)10(2)16/h4-8H,1-3H3. The Balaban J connectivity index is 2.36. The second-order valence-corrected chi connectivity index (χ2v) is 3.87. The van der Waals surface area contributed by atoms with Crippen LogP contribution in [0.5, 0.6) is 11.5 Å². The SMILES string of the molecule is CC(=O)c1ccccc1Oc1cnn(C)c1C. The Kier molecular flexibility index (Phi) is 2.95. The van der Waals surface area contributed by atoms with Crippen molar-refractivity contribution in [2.45, 2.75) is 13.8 Å². The molecule has 1 heterocycles. The third-order valence-electron chi connectivity index (χ3n) is 2.68. The number of carbonyl (C=O) groups is 1. The van der Waals surface area contributed by atoms with Crippen LogP contribution in [0.3, 0.4) is 0 Å². The van der Waals surface area contributed by atoms with Crippen LogP contribution in [0, 0.1) is 6.92 Å². The normalized spacial score (nSPS) is 10.3. The zero-order chi connectivity index (χ0) is 12.4. The second kappa shape index (κ2) is 4.41. The van der Waals surface area contributed by atoms with Gasteiger partial charge in [0.05, 0.1) is 17.5 Å². The molecule has 0 spiro atoms. The highest BCUT2D eigenvalue weighted by molar-refractivity contribution is 5.96. The average molecular weight is 230 g/mol. The molecule has 0 fully saturated rings. The van der Waals surface area contributed by atoms with Crippen molar-refractivity contribution in [3.05, 3.63) is 41.7 Å². The monoisotopic (exact) mass is 230 g/mol. The molecule has 0 amide bonds. The summed E-state index contributed by atoms with van der Waals surface area (Å²) in [6, 6.07) is 7.19. The Bertz CT molecular complexity index is 558. The minimum atomic E-state index is -0.0119. The number of para-hydroxylation sites is 1. The third kappa shape index (κ3) is 2.20. The summed E-state index contributed by atoms with van der Waals surface area (Å²) >= 11 is 0. The molecule has 4 nitrogen and oxygen atoms in total. The fourth-order valence-corrected chi connectivity index (χ4v) is 1.54. The van der Waals surface area contributed by atoms with E-state index in [-0.39, 0.29) is 5.78 Å². The van der Waals surface area contributed by atoms with E-state index in [0.717, 1.165) is 5.69 Å². The van der Waals surface area contributed by atoms with Gasteiger partial charge in [0.2, 0.25) is 0 Å². The highest BCUT2D eigenvalue weighted by Gasteiger charge is 2.11. The minimum Gasteiger partial charge on any atom is -0.453 e. The van der Waals surface area contributed by atoms with E-state index in [4.69, 9.17) is 4.74 Å². The van der Waals surface area contributed by atoms with Crippen molar-refractivity contribution in [1.82, 2.24) is 9.78 Å². The van der Waals surface area contributed by atoms with E-state index < -0.39 is 0 Å². The molecule has 0 bridgehead atoms. The predicted octanol–water partition coefficient (Wildman–Crippen LogP) is 2.72. The maximum Gasteiger partial charge on any atom is 0.168 e. The topological polar surface area (TPSA) is 44.1 Å². The third-order valence-corrected chi connectivity index (χ3v) is 2.68. The molecular weight excluding hydrogens is 216 g/mol. The lowest BCUT2D eigenvalue weighted by Crippen LogP contribution is -1.97. The summed E-state index contributed by atoms with van der Waals surface area (Å²) < 4.78 is 7.45. The molecule has 0 aliphatic heterocycles. The molecule has 1 aromatic heterocycles. The summed E-state index contributed by atoms with van der Waals surface area (Å²) in [6.45, 7) is 3.44. The van der Waals surface area contributed by atoms with Gasteiger partial charge in [-0.3, -0.25) is 9.48 Å². The molecule has 2 rings (SSSR count). The van der Waals surface area contributed by atoms with E-state index in [2.05, 4.69) is 5.10 Å². The fourth-order valence-electron chi connectivity index (χ4n) is 1.54. The van der Waals surface area contributed by atoms with Crippen molar-refractivity contribution in [2.24, 2.45) is 7.05 Å². The van der Waals surface area contributed by atoms with Crippen LogP contribution in [0.2, 0.25) is 0 Å². The lowest BCUT2D eigenvalue weighted by atomic mass is 10.1. The number of hydrogen-bond acceptors (Lipinski definition) is 3. The van der Waals surface area contributed by atoms with Crippen LogP contribution in [-0.4, -0.2) is 15.6 Å². The van der Waals surface area contributed by atoms with Gasteiger partial charge in [-0.25, -0.2) is 0 Å². The highest BCUT2D eigenvalue weighted by atomic mass is 16.5. The van der Waals surface area contributed by atoms with E-state index in [1.807, 2.05) is 26.1 Å². The maximum atomic E-state index is 11.4. The largest absolute Gasteiger partial charge is 0.453 e. The highest BCUT2D eigenvalue weighted by Crippen LogP contribution is 2.27. The molecule has 0 N–H and O–H groups in total. The molecule has 0 aliphatic carbocycles. The van der Waals surface area contributed by atoms with Gasteiger partial charge in [0, 0.05) is 7.05 Å². The molecule has 1 aromatic carbocycles. The number of ether oxygens (including phenoxy) is 1. The molecular formula is C13H14N2O2. The molecule has 4 heteroatoms. The van der Waals surface area contributed by atoms with Crippen molar-refractivity contribution in [2.75, 3.05) is 0 Å². The number of nitrogens with zero attached hydrogens (tertiary/aromatic N) is 2. The molecule has 0 saturated carbocycles. The van der Waals surface area contributed by atoms with Crippen LogP contribution in [-0.2, 0) is 7.05 Å². The van der Waals surface area contributed by atoms with Gasteiger partial charge < -0.3 is 4.74 Å². The molecule has 2 aromatic rings. The molecule has 0 saturated heterocycles. The van der Waals surface area contributed by atoms with Gasteiger partial charge in [-0.2, -0.15) is 5.10 Å². The first kappa shape index (κ1) is 11.4. The lowest BCUT2D eigenvalue weighted by Gasteiger charge is -2.08. The number of hydrogen-bond donors (Lipinski definition) is 0. The Labute approximate surface area is 99.8 Å². The Morgan fingerprint density at radius 3 is 2.59 bits per heavy atom. The number of Topliss-reactive ketones (excluding diaryl/α,β-unsaturated/α-hetero) is 1. The lowest BCUT2D eigenvalue weighted by molar-refractivity contribution is 0.101. The van der Waals surface area contributed by atoms with Crippen LogP contribution in [0.15, 0.2) is 30.5 Å². The molecule has 0 radical (unpaired) electrons. The quantitative estimate of drug-likeness (QED) is 0.761. The van der Waals surface area contributed by atoms with Gasteiger partial charge in [0.25, 0.3) is 0 Å². The van der Waals surface area contributed by atoms with E-state index in [9.17, 15) is 4.79 Å². The van der Waals surface area contributed by atoms with Crippen molar-refractivity contribution < 1.29 is 9.53 Å². The summed E-state index contributed by atoms with van der Waals surface area (Å²) in [7, 11) is 1.85. The van der Waals surface area contributed by atoms with E-state index >= 15 is 0 Å². The first-order valence-electron chi connectivity index (χ1n) is 5.36. The predicted molar refractivity (Wildman–Crippen MR) is 64.5 cm³/mol. The number of carbonyl (C=O) groups excluding carboxylic acids is 1. The number of rotatable bonds is 3. The molecule has 88 valence electrons. The van der Waals surface area contributed by atoms with E-state index in [1.165, 1.54) is 6.92 Å². The number of benzene rings is 1. The van der Waals surface area contributed by atoms with Gasteiger partial charge in [0.1, 0.15) is 5.75 Å². The number of aryl methyl sites for hydroxylation is 1. The number of aromatic nitrogens is 2. The van der Waals surface area contributed by atoms with Gasteiger partial charge >= 0.3 is 0 Å². The zero-order valence-electron chi connectivity index (χ0n) is 10.1. The summed E-state index contributed by atoms with van der Waals surface area (Å²) in [5.74, 6) is 1.22. The average Bonchev–Trinajstić information content (AvgIpc) is 2.61. The molecule has 0 aliphatic rings. The molecule has 0 unspecified atom stereocenters. The smallest absolute Gasteiger partial charge is 0.168 e. The van der Waals surface area contributed by atoms with Gasteiger partial charge in [-0.15, -0.1) is 0 Å². The maximum absolute atomic E-state index is 11.4. The van der Waals surface area contributed by atoms with Crippen LogP contribution in [0.4, 0.5) is 0 Å². The van der Waals surface area contributed by atoms with Crippen LogP contribution in [0.25, 0.3) is 0 Å². The summed E-state index contributed by atoms with van der Waals surface area (Å²) in [5.41, 5.74) is 1.50. The van der Waals surface area contributed by atoms with Crippen LogP contribution >= 0.6 is 0 Å². The Hall–Kier alpha value is -2.10. The van der Waals surface area contributed by atoms with Crippen molar-refractivity contribution >= 4 is 5.78 Å². The molecule has 0 atom stereocenters. The zero-order valence-corrected chi connectivity index (χ0v) is 10.1. The summed E-state index contributed by atoms with van der Waals surface area (Å²) in [6.07, 6.45) is 1.65. The van der Waals surface area contributed by atoms with E-state index in [0.29, 0.717) is 17.1 Å². The first-order valence-corrected chi connectivity index (χ1v) is 5.36. The van der Waals surface area contributed by atoms with E-state index in [1.54, 1.807) is 23.0 Å². The van der Waals surface area contributed by atoms with Crippen molar-refractivity contribution in [3.8, 4) is 11.5 Å². The van der Waals surface area contributed by atoms with Crippen molar-refractivity contribution in [3.63, 3.8) is 0 Å². The fraction of sp³-hybridized carbons (Fsp3) is 0.231. The Morgan fingerprint density at radius 1 is 1.29 bits per heavy atom. The van der Waals surface area contributed by atoms with Crippen LogP contribution in [0.1, 0.15) is 23.0 Å². The second-order valence-electron chi connectivity index (χ2n) is 3.87. The minimum absolute atomic E-state index is 0.0119. The van der Waals surface area contributed by atoms with Gasteiger partial charge in [-0.05, 0) is 26.0 Å². The summed E-state index contributed by atoms with van der Waals surface area (Å²) in [4.78, 5) is 11.4.